The number of carbonyl (C=O) groups excluding carboxylic acids is 2. The molecule has 1 aliphatic heterocycles. The standard InChI is InChI=1S/C12H18N2O4.C12H25NO2/c15-10-5-6-11(16)14(10)8-4-2-1-3-7-13-9-12(17)18;1-2-3-4-5-6-7-8-9-10-13-11-12(14)15/h5-6,13H,1-4,7-9H2,(H,17,18);13H,2-11H2,1H3,(H,14,15). The topological polar surface area (TPSA) is 136 Å². The summed E-state index contributed by atoms with van der Waals surface area (Å²) in [5.74, 6) is -2.09. The smallest absolute Gasteiger partial charge is 0.317 e. The number of nitrogens with zero attached hydrogens (tertiary/aromatic N) is 1. The van der Waals surface area contributed by atoms with Gasteiger partial charge in [-0.05, 0) is 32.4 Å². The summed E-state index contributed by atoms with van der Waals surface area (Å²) in [6.07, 6.45) is 16.5. The summed E-state index contributed by atoms with van der Waals surface area (Å²) in [6, 6.07) is 0. The van der Waals surface area contributed by atoms with E-state index < -0.39 is 11.9 Å². The predicted octanol–water partition coefficient (Wildman–Crippen LogP) is 2.95. The molecule has 1 rings (SSSR count). The average molecular weight is 470 g/mol. The Hall–Kier alpha value is -2.26. The number of aliphatic carboxylic acids is 2. The predicted molar refractivity (Wildman–Crippen MR) is 128 cm³/mol. The van der Waals surface area contributed by atoms with Gasteiger partial charge in [-0.1, -0.05) is 64.7 Å². The van der Waals surface area contributed by atoms with Crippen molar-refractivity contribution in [1.29, 1.82) is 0 Å². The molecule has 0 saturated heterocycles. The summed E-state index contributed by atoms with van der Waals surface area (Å²) in [5.41, 5.74) is 0. The first kappa shape index (κ1) is 30.7. The largest absolute Gasteiger partial charge is 0.480 e. The van der Waals surface area contributed by atoms with Crippen LogP contribution in [0, 0.1) is 0 Å². The van der Waals surface area contributed by atoms with E-state index in [1.165, 1.54) is 62.0 Å². The van der Waals surface area contributed by atoms with Crippen molar-refractivity contribution < 1.29 is 29.4 Å². The van der Waals surface area contributed by atoms with E-state index in [4.69, 9.17) is 10.2 Å². The molecule has 190 valence electrons. The van der Waals surface area contributed by atoms with Crippen LogP contribution in [-0.2, 0) is 19.2 Å². The molecule has 0 aliphatic carbocycles. The lowest BCUT2D eigenvalue weighted by molar-refractivity contribution is -0.137. The SMILES string of the molecule is CCCCCCCCCCNCC(=O)O.O=C(O)CNCCCCCCN1C(=O)C=CC1=O. The normalized spacial score (nSPS) is 12.7. The van der Waals surface area contributed by atoms with Crippen LogP contribution in [0.15, 0.2) is 12.2 Å². The molecular formula is C24H43N3O6. The summed E-state index contributed by atoms with van der Waals surface area (Å²) in [4.78, 5) is 44.0. The zero-order valence-electron chi connectivity index (χ0n) is 20.2. The summed E-state index contributed by atoms with van der Waals surface area (Å²) in [6.45, 7) is 4.29. The number of hydrogen-bond acceptors (Lipinski definition) is 6. The maximum Gasteiger partial charge on any atom is 0.317 e. The Morgan fingerprint density at radius 1 is 0.697 bits per heavy atom. The molecule has 9 heteroatoms. The summed E-state index contributed by atoms with van der Waals surface area (Å²) in [7, 11) is 0. The van der Waals surface area contributed by atoms with Gasteiger partial charge in [0.15, 0.2) is 0 Å². The third-order valence-corrected chi connectivity index (χ3v) is 5.15. The van der Waals surface area contributed by atoms with Crippen LogP contribution in [0.25, 0.3) is 0 Å². The van der Waals surface area contributed by atoms with Crippen LogP contribution in [0.1, 0.15) is 84.0 Å². The average Bonchev–Trinajstić information content (AvgIpc) is 3.09. The first-order valence-corrected chi connectivity index (χ1v) is 12.3. The molecular weight excluding hydrogens is 426 g/mol. The number of carbonyl (C=O) groups is 4. The van der Waals surface area contributed by atoms with Crippen LogP contribution >= 0.6 is 0 Å². The molecule has 2 amide bonds. The molecule has 0 spiro atoms. The van der Waals surface area contributed by atoms with Crippen LogP contribution in [0.4, 0.5) is 0 Å². The van der Waals surface area contributed by atoms with Crippen molar-refractivity contribution in [1.82, 2.24) is 15.5 Å². The number of amides is 2. The fourth-order valence-corrected chi connectivity index (χ4v) is 3.30. The zero-order valence-corrected chi connectivity index (χ0v) is 20.2. The minimum absolute atomic E-state index is 0.0115. The van der Waals surface area contributed by atoms with Gasteiger partial charge in [0.2, 0.25) is 0 Å². The molecule has 0 atom stereocenters. The number of carboxylic acid groups (broad SMARTS) is 2. The Morgan fingerprint density at radius 3 is 1.52 bits per heavy atom. The first-order chi connectivity index (χ1) is 15.9. The van der Waals surface area contributed by atoms with Crippen molar-refractivity contribution in [2.24, 2.45) is 0 Å². The van der Waals surface area contributed by atoms with E-state index in [0.717, 1.165) is 38.6 Å². The first-order valence-electron chi connectivity index (χ1n) is 12.3. The second-order valence-electron chi connectivity index (χ2n) is 8.19. The molecule has 0 unspecified atom stereocenters. The van der Waals surface area contributed by atoms with Gasteiger partial charge in [0.1, 0.15) is 0 Å². The van der Waals surface area contributed by atoms with E-state index >= 15 is 0 Å². The van der Waals surface area contributed by atoms with Crippen molar-refractivity contribution in [2.45, 2.75) is 84.0 Å². The Kier molecular flexibility index (Phi) is 20.1. The second-order valence-corrected chi connectivity index (χ2v) is 8.19. The van der Waals surface area contributed by atoms with Gasteiger partial charge in [-0.15, -0.1) is 0 Å². The molecule has 1 aliphatic rings. The number of carboxylic acids is 2. The van der Waals surface area contributed by atoms with Crippen LogP contribution in [-0.4, -0.2) is 71.6 Å². The van der Waals surface area contributed by atoms with E-state index in [2.05, 4.69) is 17.6 Å². The fraction of sp³-hybridized carbons (Fsp3) is 0.750. The van der Waals surface area contributed by atoms with Gasteiger partial charge in [0.05, 0.1) is 13.1 Å². The quantitative estimate of drug-likeness (QED) is 0.158. The molecule has 0 aromatic carbocycles. The summed E-state index contributed by atoms with van der Waals surface area (Å²) in [5, 5.41) is 22.5. The Morgan fingerprint density at radius 2 is 1.09 bits per heavy atom. The van der Waals surface area contributed by atoms with E-state index in [1.54, 1.807) is 0 Å². The molecule has 0 aromatic rings. The van der Waals surface area contributed by atoms with Crippen LogP contribution in [0.3, 0.4) is 0 Å². The number of nitrogens with one attached hydrogen (secondary N) is 2. The van der Waals surface area contributed by atoms with Gasteiger partial charge in [-0.3, -0.25) is 24.1 Å². The number of imide groups is 1. The Bertz CT molecular complexity index is 577. The van der Waals surface area contributed by atoms with Gasteiger partial charge in [-0.2, -0.15) is 0 Å². The van der Waals surface area contributed by atoms with Gasteiger partial charge in [0.25, 0.3) is 11.8 Å². The van der Waals surface area contributed by atoms with Gasteiger partial charge >= 0.3 is 11.9 Å². The van der Waals surface area contributed by atoms with Crippen molar-refractivity contribution in [3.8, 4) is 0 Å². The van der Waals surface area contributed by atoms with Crippen molar-refractivity contribution in [3.05, 3.63) is 12.2 Å². The molecule has 0 saturated carbocycles. The minimum Gasteiger partial charge on any atom is -0.480 e. The molecule has 0 fully saturated rings. The number of hydrogen-bond donors (Lipinski definition) is 4. The molecule has 33 heavy (non-hydrogen) atoms. The fourth-order valence-electron chi connectivity index (χ4n) is 3.30. The van der Waals surface area contributed by atoms with E-state index in [0.29, 0.717) is 13.1 Å². The van der Waals surface area contributed by atoms with E-state index in [1.807, 2.05) is 0 Å². The van der Waals surface area contributed by atoms with E-state index in [9.17, 15) is 19.2 Å². The molecule has 9 nitrogen and oxygen atoms in total. The lowest BCUT2D eigenvalue weighted by atomic mass is 10.1. The van der Waals surface area contributed by atoms with Crippen molar-refractivity contribution in [3.63, 3.8) is 0 Å². The van der Waals surface area contributed by atoms with Gasteiger partial charge < -0.3 is 20.8 Å². The maximum absolute atomic E-state index is 11.2. The molecule has 0 aromatic heterocycles. The van der Waals surface area contributed by atoms with Crippen molar-refractivity contribution >= 4 is 23.8 Å². The zero-order chi connectivity index (χ0) is 24.7. The summed E-state index contributed by atoms with van der Waals surface area (Å²) >= 11 is 0. The molecule has 0 bridgehead atoms. The molecule has 4 N–H and O–H groups in total. The highest BCUT2D eigenvalue weighted by Gasteiger charge is 2.21. The second kappa shape index (κ2) is 21.6. The third-order valence-electron chi connectivity index (χ3n) is 5.15. The lowest BCUT2D eigenvalue weighted by Gasteiger charge is -2.13. The Labute approximate surface area is 198 Å². The third kappa shape index (κ3) is 20.1. The monoisotopic (exact) mass is 469 g/mol. The highest BCUT2D eigenvalue weighted by atomic mass is 16.4. The maximum atomic E-state index is 11.2. The van der Waals surface area contributed by atoms with Crippen LogP contribution in [0.2, 0.25) is 0 Å². The van der Waals surface area contributed by atoms with Crippen molar-refractivity contribution in [2.75, 3.05) is 32.7 Å². The lowest BCUT2D eigenvalue weighted by Crippen LogP contribution is -2.30. The highest BCUT2D eigenvalue weighted by Crippen LogP contribution is 2.08. The van der Waals surface area contributed by atoms with Gasteiger partial charge in [-0.25, -0.2) is 0 Å². The minimum atomic E-state index is -0.853. The number of rotatable bonds is 20. The molecule has 0 radical (unpaired) electrons. The van der Waals surface area contributed by atoms with E-state index in [-0.39, 0.29) is 24.9 Å². The summed E-state index contributed by atoms with van der Waals surface area (Å²) < 4.78 is 0. The van der Waals surface area contributed by atoms with Crippen LogP contribution in [0.5, 0.6) is 0 Å². The van der Waals surface area contributed by atoms with Crippen LogP contribution < -0.4 is 10.6 Å². The number of unbranched alkanes of at least 4 members (excludes halogenated alkanes) is 10. The highest BCUT2D eigenvalue weighted by molar-refractivity contribution is 6.12. The molecule has 1 heterocycles. The Balaban J connectivity index is 0.000000633. The van der Waals surface area contributed by atoms with Gasteiger partial charge in [0, 0.05) is 18.7 Å².